The first-order valence-electron chi connectivity index (χ1n) is 14.2. The summed E-state index contributed by atoms with van der Waals surface area (Å²) in [4.78, 5) is 55.2. The predicted octanol–water partition coefficient (Wildman–Crippen LogP) is 4.80. The smallest absolute Gasteiger partial charge is 0.271 e. The van der Waals surface area contributed by atoms with Gasteiger partial charge in [-0.05, 0) is 40.0 Å². The van der Waals surface area contributed by atoms with Gasteiger partial charge in [-0.15, -0.1) is 11.6 Å². The van der Waals surface area contributed by atoms with E-state index in [1.807, 2.05) is 0 Å². The number of alkyl halides is 1. The van der Waals surface area contributed by atoms with E-state index in [1.165, 1.54) is 13.3 Å². The van der Waals surface area contributed by atoms with E-state index in [0.29, 0.717) is 43.7 Å². The number of halogens is 4. The number of carbonyl (C=O) groups excluding carboxylic acids is 2. The highest BCUT2D eigenvalue weighted by atomic mass is 35.5. The highest BCUT2D eigenvalue weighted by Gasteiger charge is 2.36. The molecular weight excluding hydrogens is 622 g/mol. The third kappa shape index (κ3) is 7.89. The summed E-state index contributed by atoms with van der Waals surface area (Å²) in [5.74, 6) is -0.689. The number of piperidine rings is 1. The van der Waals surface area contributed by atoms with Crippen molar-refractivity contribution >= 4 is 52.4 Å². The Hall–Kier alpha value is -2.67. The molecule has 4 heterocycles. The molecule has 11 nitrogen and oxygen atoms in total. The fourth-order valence-corrected chi connectivity index (χ4v) is 6.30. The lowest BCUT2D eigenvalue weighted by Crippen LogP contribution is -2.59. The number of nitroso groups, excluding NO2 is 1. The molecular formula is C28H38Cl3FN8O3. The molecule has 4 rings (SSSR count). The third-order valence-corrected chi connectivity index (χ3v) is 8.47. The maximum atomic E-state index is 14.4. The van der Waals surface area contributed by atoms with Crippen molar-refractivity contribution in [2.75, 3.05) is 57.1 Å². The van der Waals surface area contributed by atoms with Crippen LogP contribution in [0.2, 0.25) is 10.3 Å². The minimum atomic E-state index is -0.499. The van der Waals surface area contributed by atoms with Gasteiger partial charge < -0.3 is 15.1 Å². The second kappa shape index (κ2) is 15.9. The van der Waals surface area contributed by atoms with Gasteiger partial charge >= 0.3 is 0 Å². The van der Waals surface area contributed by atoms with Crippen LogP contribution in [0.1, 0.15) is 64.0 Å². The number of amides is 2. The van der Waals surface area contributed by atoms with Gasteiger partial charge in [0, 0.05) is 63.3 Å². The van der Waals surface area contributed by atoms with Gasteiger partial charge in [0.1, 0.15) is 11.0 Å². The SMILES string of the molecule is CCC1CN(c2nc(C)c(C(=O)NCCN=O)nc2Cl)CCN1C1CCN(C(=O)c2c(Cl)nc(C)c(F)c2C)CC1.CCl. The molecule has 0 radical (unpaired) electrons. The summed E-state index contributed by atoms with van der Waals surface area (Å²) in [7, 11) is 0. The Labute approximate surface area is 266 Å². The molecule has 43 heavy (non-hydrogen) atoms. The molecule has 0 bridgehead atoms. The van der Waals surface area contributed by atoms with Crippen molar-refractivity contribution in [1.29, 1.82) is 0 Å². The molecule has 0 spiro atoms. The zero-order valence-corrected chi connectivity index (χ0v) is 27.4. The van der Waals surface area contributed by atoms with Crippen molar-refractivity contribution in [1.82, 2.24) is 30.1 Å². The van der Waals surface area contributed by atoms with E-state index in [0.717, 1.165) is 25.8 Å². The Bertz CT molecular complexity index is 1330. The van der Waals surface area contributed by atoms with E-state index in [-0.39, 0.29) is 57.9 Å². The molecule has 15 heteroatoms. The zero-order chi connectivity index (χ0) is 31.8. The number of likely N-dealkylation sites (tertiary alicyclic amines) is 1. The molecule has 1 atom stereocenters. The van der Waals surface area contributed by atoms with E-state index >= 15 is 0 Å². The molecule has 2 aromatic heterocycles. The van der Waals surface area contributed by atoms with E-state index in [1.54, 1.807) is 18.7 Å². The lowest BCUT2D eigenvalue weighted by Gasteiger charge is -2.47. The van der Waals surface area contributed by atoms with E-state index in [4.69, 9.17) is 23.2 Å². The molecule has 2 amide bonds. The standard InChI is InChI=1S/C27H35Cl2FN8O3.CH3Cl/c1-5-18-14-37(25-24(29)35-22(17(4)34-25)26(39)31-8-9-32-41)12-13-38(18)19-6-10-36(11-7-19)27(40)20-15(2)21(30)16(3)33-23(20)28;1-2/h18-19H,5-14H2,1-4H3,(H,31,39);1H3. The van der Waals surface area contributed by atoms with Crippen molar-refractivity contribution < 1.29 is 14.0 Å². The number of rotatable bonds is 8. The molecule has 2 saturated heterocycles. The lowest BCUT2D eigenvalue weighted by atomic mass is 9.97. The van der Waals surface area contributed by atoms with Crippen molar-refractivity contribution in [2.45, 2.75) is 59.0 Å². The number of nitrogens with zero attached hydrogens (tertiary/aromatic N) is 7. The van der Waals surface area contributed by atoms with Gasteiger partial charge in [-0.25, -0.2) is 19.3 Å². The lowest BCUT2D eigenvalue weighted by molar-refractivity contribution is 0.0489. The normalized spacial score (nSPS) is 17.7. The Morgan fingerprint density at radius 2 is 1.67 bits per heavy atom. The van der Waals surface area contributed by atoms with Gasteiger partial charge in [-0.1, -0.05) is 35.3 Å². The summed E-state index contributed by atoms with van der Waals surface area (Å²) >= 11 is 17.4. The van der Waals surface area contributed by atoms with Gasteiger partial charge in [0.2, 0.25) is 0 Å². The number of anilines is 1. The number of hydrogen-bond acceptors (Lipinski definition) is 9. The molecule has 2 aliphatic heterocycles. The largest absolute Gasteiger partial charge is 0.351 e. The molecule has 2 aromatic rings. The third-order valence-electron chi connectivity index (χ3n) is 7.94. The summed E-state index contributed by atoms with van der Waals surface area (Å²) in [5, 5.41) is 5.51. The number of aromatic nitrogens is 3. The molecule has 0 aliphatic carbocycles. The molecule has 2 fully saturated rings. The molecule has 0 saturated carbocycles. The Morgan fingerprint density at radius 1 is 1.00 bits per heavy atom. The summed E-state index contributed by atoms with van der Waals surface area (Å²) < 4.78 is 14.4. The first-order valence-corrected chi connectivity index (χ1v) is 15.7. The van der Waals surface area contributed by atoms with Gasteiger partial charge in [0.25, 0.3) is 11.8 Å². The number of hydrogen-bond donors (Lipinski definition) is 1. The van der Waals surface area contributed by atoms with Crippen LogP contribution in [0, 0.1) is 31.5 Å². The van der Waals surface area contributed by atoms with Crippen molar-refractivity contribution in [3.63, 3.8) is 0 Å². The highest BCUT2D eigenvalue weighted by molar-refractivity contribution is 6.33. The van der Waals surface area contributed by atoms with Gasteiger partial charge in [0.05, 0.1) is 23.5 Å². The molecule has 2 aliphatic rings. The molecule has 1 unspecified atom stereocenters. The Morgan fingerprint density at radius 3 is 2.30 bits per heavy atom. The monoisotopic (exact) mass is 658 g/mol. The van der Waals surface area contributed by atoms with Crippen LogP contribution in [-0.2, 0) is 0 Å². The average molecular weight is 660 g/mol. The van der Waals surface area contributed by atoms with Crippen LogP contribution >= 0.6 is 34.8 Å². The quantitative estimate of drug-likeness (QED) is 0.186. The van der Waals surface area contributed by atoms with Crippen LogP contribution in [0.15, 0.2) is 5.18 Å². The number of piperazine rings is 1. The van der Waals surface area contributed by atoms with Crippen molar-refractivity contribution in [2.24, 2.45) is 5.18 Å². The van der Waals surface area contributed by atoms with E-state index in [2.05, 4.69) is 53.8 Å². The van der Waals surface area contributed by atoms with Gasteiger partial charge in [-0.3, -0.25) is 14.5 Å². The molecule has 0 aromatic carbocycles. The van der Waals surface area contributed by atoms with E-state index in [9.17, 15) is 18.9 Å². The fourth-order valence-electron chi connectivity index (χ4n) is 5.70. The molecule has 236 valence electrons. The topological polar surface area (TPSA) is 124 Å². The van der Waals surface area contributed by atoms with Gasteiger partial charge in [0.15, 0.2) is 16.7 Å². The summed E-state index contributed by atoms with van der Waals surface area (Å²) in [5.41, 5.74) is 1.13. The van der Waals surface area contributed by atoms with Crippen molar-refractivity contribution in [3.05, 3.63) is 49.2 Å². The second-order valence-electron chi connectivity index (χ2n) is 10.5. The maximum Gasteiger partial charge on any atom is 0.271 e. The fraction of sp³-hybridized carbons (Fsp3) is 0.607. The average Bonchev–Trinajstić information content (AvgIpc) is 3.01. The number of aryl methyl sites for hydroxylation is 2. The minimum absolute atomic E-state index is 0.0275. The minimum Gasteiger partial charge on any atom is -0.351 e. The van der Waals surface area contributed by atoms with E-state index < -0.39 is 11.7 Å². The van der Waals surface area contributed by atoms with Crippen LogP contribution in [0.4, 0.5) is 10.2 Å². The zero-order valence-electron chi connectivity index (χ0n) is 25.1. The predicted molar refractivity (Wildman–Crippen MR) is 167 cm³/mol. The first-order chi connectivity index (χ1) is 20.6. The Balaban J connectivity index is 0.00000248. The Kier molecular flexibility index (Phi) is 12.9. The first kappa shape index (κ1) is 34.8. The maximum absolute atomic E-state index is 14.4. The highest BCUT2D eigenvalue weighted by Crippen LogP contribution is 2.30. The number of nitrogens with one attached hydrogen (secondary N) is 1. The van der Waals surface area contributed by atoms with Crippen LogP contribution in [0.5, 0.6) is 0 Å². The number of pyridine rings is 1. The van der Waals surface area contributed by atoms with Crippen LogP contribution in [0.3, 0.4) is 0 Å². The summed E-state index contributed by atoms with van der Waals surface area (Å²) in [6, 6.07) is 0.533. The van der Waals surface area contributed by atoms with Crippen molar-refractivity contribution in [3.8, 4) is 0 Å². The van der Waals surface area contributed by atoms with Crippen LogP contribution < -0.4 is 10.2 Å². The van der Waals surface area contributed by atoms with Crippen LogP contribution in [0.25, 0.3) is 0 Å². The number of carbonyl (C=O) groups is 2. The summed E-state index contributed by atoms with van der Waals surface area (Å²) in [6.45, 7) is 10.3. The van der Waals surface area contributed by atoms with Crippen LogP contribution in [-0.4, -0.2) is 101 Å². The second-order valence-corrected chi connectivity index (χ2v) is 11.2. The summed E-state index contributed by atoms with van der Waals surface area (Å²) in [6.07, 6.45) is 3.97. The van der Waals surface area contributed by atoms with Gasteiger partial charge in [-0.2, -0.15) is 4.91 Å². The molecule has 1 N–H and O–H groups in total.